The second-order valence-corrected chi connectivity index (χ2v) is 3.81. The molecule has 1 amide bonds. The summed E-state index contributed by atoms with van der Waals surface area (Å²) in [6, 6.07) is -0.627. The van der Waals surface area contributed by atoms with Crippen molar-refractivity contribution in [1.29, 1.82) is 0 Å². The molecule has 1 aliphatic heterocycles. The van der Waals surface area contributed by atoms with E-state index in [-0.39, 0.29) is 24.5 Å². The van der Waals surface area contributed by atoms with Crippen LogP contribution in [0.1, 0.15) is 6.42 Å². The first kappa shape index (κ1) is 13.0. The molecule has 1 aliphatic rings. The molecule has 1 fully saturated rings. The average Bonchev–Trinajstić information content (AvgIpc) is 2.71. The van der Waals surface area contributed by atoms with E-state index in [1.165, 1.54) is 0 Å². The summed E-state index contributed by atoms with van der Waals surface area (Å²) in [6.45, 7) is 1.01. The van der Waals surface area contributed by atoms with Crippen molar-refractivity contribution in [3.63, 3.8) is 0 Å². The zero-order valence-corrected chi connectivity index (χ0v) is 9.68. The van der Waals surface area contributed by atoms with Gasteiger partial charge in [0.25, 0.3) is 0 Å². The van der Waals surface area contributed by atoms with Gasteiger partial charge in [-0.2, -0.15) is 0 Å². The minimum absolute atomic E-state index is 0.0908. The Labute approximate surface area is 95.9 Å². The quantitative estimate of drug-likeness (QED) is 0.638. The van der Waals surface area contributed by atoms with Crippen LogP contribution in [0.2, 0.25) is 0 Å². The number of methoxy groups -OCH3 is 2. The number of hydrogen-bond acceptors (Lipinski definition) is 4. The van der Waals surface area contributed by atoms with Crippen LogP contribution in [0.3, 0.4) is 0 Å². The molecule has 5 nitrogen and oxygen atoms in total. The molecule has 16 heavy (non-hydrogen) atoms. The zero-order chi connectivity index (χ0) is 12.1. The van der Waals surface area contributed by atoms with Crippen LogP contribution >= 0.6 is 0 Å². The number of terminal acetylenes is 1. The molecule has 3 unspecified atom stereocenters. The van der Waals surface area contributed by atoms with E-state index in [1.807, 2.05) is 0 Å². The third-order valence-electron chi connectivity index (χ3n) is 2.79. The largest absolute Gasteiger partial charge is 0.377 e. The number of hydrogen-bond donors (Lipinski definition) is 1. The standard InChI is InChI=1S/C11H18N2O3/c1-4-5-8(12)11(14)13-6-9(15-2)10(7-13)16-3/h1,8-10H,5-7,12H2,2-3H3. The Morgan fingerprint density at radius 3 is 2.38 bits per heavy atom. The van der Waals surface area contributed by atoms with Gasteiger partial charge in [-0.1, -0.05) is 0 Å². The van der Waals surface area contributed by atoms with E-state index in [1.54, 1.807) is 19.1 Å². The molecule has 0 saturated carbocycles. The predicted molar refractivity (Wildman–Crippen MR) is 59.6 cm³/mol. The van der Waals surface area contributed by atoms with E-state index >= 15 is 0 Å². The second-order valence-electron chi connectivity index (χ2n) is 3.81. The maximum atomic E-state index is 11.9. The van der Waals surface area contributed by atoms with Crippen LogP contribution in [0, 0.1) is 12.3 Å². The summed E-state index contributed by atoms with van der Waals surface area (Å²) in [5, 5.41) is 0. The molecule has 5 heteroatoms. The number of carbonyl (C=O) groups excluding carboxylic acids is 1. The maximum absolute atomic E-state index is 11.9. The van der Waals surface area contributed by atoms with Crippen molar-refractivity contribution in [3.05, 3.63) is 0 Å². The molecular weight excluding hydrogens is 208 g/mol. The first-order valence-electron chi connectivity index (χ1n) is 5.17. The predicted octanol–water partition coefficient (Wildman–Crippen LogP) is -0.791. The molecule has 1 rings (SSSR count). The van der Waals surface area contributed by atoms with Crippen molar-refractivity contribution in [3.8, 4) is 12.3 Å². The van der Waals surface area contributed by atoms with Crippen LogP contribution in [0.25, 0.3) is 0 Å². The summed E-state index contributed by atoms with van der Waals surface area (Å²) in [5.41, 5.74) is 5.67. The minimum Gasteiger partial charge on any atom is -0.377 e. The summed E-state index contributed by atoms with van der Waals surface area (Å²) < 4.78 is 10.5. The van der Waals surface area contributed by atoms with Crippen molar-refractivity contribution < 1.29 is 14.3 Å². The van der Waals surface area contributed by atoms with E-state index in [9.17, 15) is 4.79 Å². The Morgan fingerprint density at radius 1 is 1.50 bits per heavy atom. The minimum atomic E-state index is -0.627. The number of rotatable bonds is 4. The summed E-state index contributed by atoms with van der Waals surface area (Å²) >= 11 is 0. The van der Waals surface area contributed by atoms with E-state index < -0.39 is 6.04 Å². The maximum Gasteiger partial charge on any atom is 0.240 e. The monoisotopic (exact) mass is 226 g/mol. The summed E-state index contributed by atoms with van der Waals surface area (Å²) in [4.78, 5) is 13.5. The highest BCUT2D eigenvalue weighted by Crippen LogP contribution is 2.16. The summed E-state index contributed by atoms with van der Waals surface area (Å²) in [6.07, 6.45) is 5.20. The fourth-order valence-corrected chi connectivity index (χ4v) is 1.83. The molecule has 1 saturated heterocycles. The topological polar surface area (TPSA) is 64.8 Å². The number of ether oxygens (including phenoxy) is 2. The number of nitrogens with two attached hydrogens (primary N) is 1. The fraction of sp³-hybridized carbons (Fsp3) is 0.727. The summed E-state index contributed by atoms with van der Waals surface area (Å²) in [5.74, 6) is 2.25. The highest BCUT2D eigenvalue weighted by molar-refractivity contribution is 5.82. The molecule has 0 aromatic rings. The van der Waals surface area contributed by atoms with Gasteiger partial charge in [0.05, 0.1) is 6.04 Å². The molecule has 1 heterocycles. The van der Waals surface area contributed by atoms with Crippen LogP contribution in [-0.2, 0) is 14.3 Å². The molecule has 90 valence electrons. The molecule has 0 radical (unpaired) electrons. The average molecular weight is 226 g/mol. The lowest BCUT2D eigenvalue weighted by molar-refractivity contribution is -0.132. The number of carbonyl (C=O) groups is 1. The van der Waals surface area contributed by atoms with Crippen LogP contribution < -0.4 is 5.73 Å². The molecule has 0 aromatic heterocycles. The van der Waals surface area contributed by atoms with E-state index in [4.69, 9.17) is 21.6 Å². The molecule has 2 N–H and O–H groups in total. The third-order valence-corrected chi connectivity index (χ3v) is 2.79. The Kier molecular flexibility index (Phi) is 4.74. The van der Waals surface area contributed by atoms with Gasteiger partial charge in [0.1, 0.15) is 12.2 Å². The van der Waals surface area contributed by atoms with Crippen molar-refractivity contribution in [1.82, 2.24) is 4.90 Å². The van der Waals surface area contributed by atoms with Gasteiger partial charge in [0.2, 0.25) is 5.91 Å². The molecule has 0 spiro atoms. The molecule has 3 atom stereocenters. The van der Waals surface area contributed by atoms with Crippen molar-refractivity contribution in [2.24, 2.45) is 5.73 Å². The van der Waals surface area contributed by atoms with Crippen molar-refractivity contribution >= 4 is 5.91 Å². The van der Waals surface area contributed by atoms with Gasteiger partial charge >= 0.3 is 0 Å². The van der Waals surface area contributed by atoms with Crippen LogP contribution in [0.4, 0.5) is 0 Å². The van der Waals surface area contributed by atoms with Crippen LogP contribution in [0.5, 0.6) is 0 Å². The number of likely N-dealkylation sites (tertiary alicyclic amines) is 1. The first-order valence-corrected chi connectivity index (χ1v) is 5.17. The van der Waals surface area contributed by atoms with Crippen LogP contribution in [-0.4, -0.2) is 56.4 Å². The smallest absolute Gasteiger partial charge is 0.240 e. The number of amides is 1. The fourth-order valence-electron chi connectivity index (χ4n) is 1.83. The number of nitrogens with zero attached hydrogens (tertiary/aromatic N) is 1. The van der Waals surface area contributed by atoms with Gasteiger partial charge in [-0.05, 0) is 0 Å². The van der Waals surface area contributed by atoms with Gasteiger partial charge in [-0.15, -0.1) is 12.3 Å². The molecule has 0 bridgehead atoms. The molecule has 0 aromatic carbocycles. The lowest BCUT2D eigenvalue weighted by Crippen LogP contribution is -2.43. The third kappa shape index (κ3) is 2.73. The Morgan fingerprint density at radius 2 is 2.00 bits per heavy atom. The first-order chi connectivity index (χ1) is 7.63. The van der Waals surface area contributed by atoms with Gasteiger partial charge in [-0.3, -0.25) is 4.79 Å². The highest BCUT2D eigenvalue weighted by Gasteiger charge is 2.36. The SMILES string of the molecule is C#CCC(N)C(=O)N1CC(OC)C(OC)C1. The lowest BCUT2D eigenvalue weighted by Gasteiger charge is -2.19. The van der Waals surface area contributed by atoms with E-state index in [0.29, 0.717) is 13.1 Å². The Balaban J connectivity index is 2.57. The lowest BCUT2D eigenvalue weighted by atomic mass is 10.2. The highest BCUT2D eigenvalue weighted by atomic mass is 16.5. The van der Waals surface area contributed by atoms with Crippen LogP contribution in [0.15, 0.2) is 0 Å². The second kappa shape index (κ2) is 5.85. The summed E-state index contributed by atoms with van der Waals surface area (Å²) in [7, 11) is 3.21. The van der Waals surface area contributed by atoms with Gasteiger partial charge in [-0.25, -0.2) is 0 Å². The molecule has 0 aliphatic carbocycles. The van der Waals surface area contributed by atoms with Gasteiger partial charge in [0.15, 0.2) is 0 Å². The van der Waals surface area contributed by atoms with Gasteiger partial charge in [0, 0.05) is 33.7 Å². The zero-order valence-electron chi connectivity index (χ0n) is 9.68. The normalized spacial score (nSPS) is 26.5. The molecular formula is C11H18N2O3. The van der Waals surface area contributed by atoms with Crippen molar-refractivity contribution in [2.75, 3.05) is 27.3 Å². The van der Waals surface area contributed by atoms with Gasteiger partial charge < -0.3 is 20.1 Å². The Bertz CT molecular complexity index is 275. The van der Waals surface area contributed by atoms with E-state index in [2.05, 4.69) is 5.92 Å². The Hall–Kier alpha value is -1.09. The van der Waals surface area contributed by atoms with E-state index in [0.717, 1.165) is 0 Å². The van der Waals surface area contributed by atoms with Crippen molar-refractivity contribution in [2.45, 2.75) is 24.7 Å².